The highest BCUT2D eigenvalue weighted by Crippen LogP contribution is 2.33. The summed E-state index contributed by atoms with van der Waals surface area (Å²) in [6.07, 6.45) is 2.89. The second kappa shape index (κ2) is 9.30. The molecule has 138 valence electrons. The minimum Gasteiger partial charge on any atom is -0.462 e. The number of hydrogen-bond acceptors (Lipinski definition) is 7. The maximum atomic E-state index is 12.1. The summed E-state index contributed by atoms with van der Waals surface area (Å²) in [5, 5.41) is 4.91. The van der Waals surface area contributed by atoms with Crippen molar-refractivity contribution in [2.75, 3.05) is 18.5 Å². The first-order valence-corrected chi connectivity index (χ1v) is 9.57. The van der Waals surface area contributed by atoms with Crippen LogP contribution in [0.2, 0.25) is 0 Å². The molecule has 0 radical (unpaired) electrons. The molecule has 2 aromatic rings. The van der Waals surface area contributed by atoms with Crippen LogP contribution in [0.3, 0.4) is 0 Å². The van der Waals surface area contributed by atoms with Crippen molar-refractivity contribution in [2.45, 2.75) is 20.8 Å². The highest BCUT2D eigenvalue weighted by atomic mass is 32.1. The van der Waals surface area contributed by atoms with Gasteiger partial charge in [0.15, 0.2) is 6.61 Å². The number of thiophene rings is 2. The van der Waals surface area contributed by atoms with Gasteiger partial charge in [0.25, 0.3) is 5.91 Å². The number of aryl methyl sites for hydroxylation is 1. The Bertz CT molecular complexity index is 821. The molecule has 1 N–H and O–H groups in total. The van der Waals surface area contributed by atoms with Crippen molar-refractivity contribution in [3.05, 3.63) is 44.5 Å². The van der Waals surface area contributed by atoms with Crippen molar-refractivity contribution in [2.24, 2.45) is 0 Å². The van der Waals surface area contributed by atoms with Crippen LogP contribution in [-0.2, 0) is 19.1 Å². The maximum absolute atomic E-state index is 12.1. The van der Waals surface area contributed by atoms with Crippen LogP contribution in [0.1, 0.15) is 32.6 Å². The Labute approximate surface area is 159 Å². The van der Waals surface area contributed by atoms with Crippen LogP contribution in [0.4, 0.5) is 5.00 Å². The first kappa shape index (κ1) is 19.9. The number of ether oxygens (including phenoxy) is 2. The molecule has 2 rings (SSSR count). The number of amides is 1. The number of anilines is 1. The Morgan fingerprint density at radius 1 is 1.23 bits per heavy atom. The van der Waals surface area contributed by atoms with Crippen LogP contribution in [-0.4, -0.2) is 31.1 Å². The Kier molecular flexibility index (Phi) is 7.11. The fourth-order valence-electron chi connectivity index (χ4n) is 2.05. The van der Waals surface area contributed by atoms with Crippen LogP contribution in [0.25, 0.3) is 6.08 Å². The second-order valence-electron chi connectivity index (χ2n) is 5.21. The standard InChI is InChI=1S/C18H19NO5S2/c1-4-23-18(22)16-11(2)12(3)26-17(16)19-14(20)10-24-15(21)8-7-13-6-5-9-25-13/h5-9H,4,10H2,1-3H3,(H,19,20)/b8-7+. The molecule has 1 amide bonds. The van der Waals surface area contributed by atoms with E-state index in [1.54, 1.807) is 19.9 Å². The summed E-state index contributed by atoms with van der Waals surface area (Å²) in [7, 11) is 0. The van der Waals surface area contributed by atoms with Gasteiger partial charge in [-0.05, 0) is 43.9 Å². The third kappa shape index (κ3) is 5.27. The maximum Gasteiger partial charge on any atom is 0.341 e. The molecule has 6 nitrogen and oxygen atoms in total. The SMILES string of the molecule is CCOC(=O)c1c(NC(=O)COC(=O)/C=C/c2cccs2)sc(C)c1C. The smallest absolute Gasteiger partial charge is 0.341 e. The van der Waals surface area contributed by atoms with Crippen molar-refractivity contribution < 1.29 is 23.9 Å². The molecule has 0 bridgehead atoms. The molecule has 0 saturated heterocycles. The molecule has 2 heterocycles. The van der Waals surface area contributed by atoms with Crippen LogP contribution in [0, 0.1) is 13.8 Å². The molecule has 2 aromatic heterocycles. The predicted octanol–water partition coefficient (Wildman–Crippen LogP) is 3.80. The molecule has 0 unspecified atom stereocenters. The van der Waals surface area contributed by atoms with Gasteiger partial charge in [-0.3, -0.25) is 4.79 Å². The van der Waals surface area contributed by atoms with Crippen molar-refractivity contribution >= 4 is 51.6 Å². The zero-order valence-electron chi connectivity index (χ0n) is 14.7. The fraction of sp³-hybridized carbons (Fsp3) is 0.278. The van der Waals surface area contributed by atoms with Crippen molar-refractivity contribution in [1.29, 1.82) is 0 Å². The minimum absolute atomic E-state index is 0.245. The lowest BCUT2D eigenvalue weighted by molar-refractivity contribution is -0.142. The summed E-state index contributed by atoms with van der Waals surface area (Å²) in [4.78, 5) is 37.6. The van der Waals surface area contributed by atoms with E-state index in [-0.39, 0.29) is 6.61 Å². The molecule has 0 aliphatic rings. The highest BCUT2D eigenvalue weighted by molar-refractivity contribution is 7.16. The summed E-state index contributed by atoms with van der Waals surface area (Å²) < 4.78 is 9.95. The van der Waals surface area contributed by atoms with Crippen LogP contribution in [0.15, 0.2) is 23.6 Å². The monoisotopic (exact) mass is 393 g/mol. The van der Waals surface area contributed by atoms with Crippen LogP contribution < -0.4 is 5.32 Å². The van der Waals surface area contributed by atoms with Gasteiger partial charge in [-0.15, -0.1) is 22.7 Å². The molecule has 0 aliphatic carbocycles. The van der Waals surface area contributed by atoms with E-state index in [9.17, 15) is 14.4 Å². The van der Waals surface area contributed by atoms with Gasteiger partial charge in [0.1, 0.15) is 5.00 Å². The lowest BCUT2D eigenvalue weighted by Gasteiger charge is -2.07. The predicted molar refractivity (Wildman–Crippen MR) is 103 cm³/mol. The lowest BCUT2D eigenvalue weighted by atomic mass is 10.1. The molecule has 8 heteroatoms. The van der Waals surface area contributed by atoms with Gasteiger partial charge in [-0.25, -0.2) is 9.59 Å². The largest absolute Gasteiger partial charge is 0.462 e. The zero-order chi connectivity index (χ0) is 19.1. The summed E-state index contributed by atoms with van der Waals surface area (Å²) in [6, 6.07) is 3.73. The Morgan fingerprint density at radius 3 is 2.65 bits per heavy atom. The van der Waals surface area contributed by atoms with E-state index in [1.807, 2.05) is 24.4 Å². The zero-order valence-corrected chi connectivity index (χ0v) is 16.3. The number of nitrogens with one attached hydrogen (secondary N) is 1. The molecule has 26 heavy (non-hydrogen) atoms. The minimum atomic E-state index is -0.613. The normalized spacial score (nSPS) is 10.7. The molecule has 0 aliphatic heterocycles. The van der Waals surface area contributed by atoms with E-state index >= 15 is 0 Å². The Morgan fingerprint density at radius 2 is 2.00 bits per heavy atom. The van der Waals surface area contributed by atoms with Crippen molar-refractivity contribution in [3.63, 3.8) is 0 Å². The van der Waals surface area contributed by atoms with E-state index in [4.69, 9.17) is 9.47 Å². The molecule has 0 spiro atoms. The number of carbonyl (C=O) groups is 3. The first-order valence-electron chi connectivity index (χ1n) is 7.87. The molecule has 0 atom stereocenters. The van der Waals surface area contributed by atoms with Crippen molar-refractivity contribution in [3.8, 4) is 0 Å². The van der Waals surface area contributed by atoms with Gasteiger partial charge in [-0.2, -0.15) is 0 Å². The number of carbonyl (C=O) groups excluding carboxylic acids is 3. The van der Waals surface area contributed by atoms with Gasteiger partial charge >= 0.3 is 11.9 Å². The van der Waals surface area contributed by atoms with E-state index in [1.165, 1.54) is 28.7 Å². The number of hydrogen-bond donors (Lipinski definition) is 1. The van der Waals surface area contributed by atoms with Crippen molar-refractivity contribution in [1.82, 2.24) is 0 Å². The van der Waals surface area contributed by atoms with E-state index in [2.05, 4.69) is 5.32 Å². The molecular formula is C18H19NO5S2. The van der Waals surface area contributed by atoms with Gasteiger partial charge < -0.3 is 14.8 Å². The highest BCUT2D eigenvalue weighted by Gasteiger charge is 2.22. The number of rotatable bonds is 7. The first-order chi connectivity index (χ1) is 12.4. The summed E-state index contributed by atoms with van der Waals surface area (Å²) in [6.45, 7) is 5.17. The second-order valence-corrected chi connectivity index (χ2v) is 7.42. The molecular weight excluding hydrogens is 374 g/mol. The topological polar surface area (TPSA) is 81.7 Å². The summed E-state index contributed by atoms with van der Waals surface area (Å²) in [5.41, 5.74) is 1.10. The molecule has 0 saturated carbocycles. The Hall–Kier alpha value is -2.45. The van der Waals surface area contributed by atoms with Crippen LogP contribution in [0.5, 0.6) is 0 Å². The molecule has 0 fully saturated rings. The van der Waals surface area contributed by atoms with Gasteiger partial charge in [0.2, 0.25) is 0 Å². The summed E-state index contributed by atoms with van der Waals surface area (Å²) >= 11 is 2.77. The average molecular weight is 393 g/mol. The van der Waals surface area contributed by atoms with Gasteiger partial charge in [-0.1, -0.05) is 6.07 Å². The third-order valence-electron chi connectivity index (χ3n) is 3.39. The van der Waals surface area contributed by atoms with E-state index < -0.39 is 24.5 Å². The van der Waals surface area contributed by atoms with E-state index in [0.717, 1.165) is 15.3 Å². The third-order valence-corrected chi connectivity index (χ3v) is 5.35. The van der Waals surface area contributed by atoms with E-state index in [0.29, 0.717) is 10.6 Å². The van der Waals surface area contributed by atoms with Gasteiger partial charge in [0, 0.05) is 15.8 Å². The lowest BCUT2D eigenvalue weighted by Crippen LogP contribution is -2.21. The number of esters is 2. The molecule has 0 aromatic carbocycles. The summed E-state index contributed by atoms with van der Waals surface area (Å²) in [5.74, 6) is -1.62. The fourth-order valence-corrected chi connectivity index (χ4v) is 3.73. The van der Waals surface area contributed by atoms with Crippen LogP contribution >= 0.6 is 22.7 Å². The Balaban J connectivity index is 1.94. The average Bonchev–Trinajstić information content (AvgIpc) is 3.20. The quantitative estimate of drug-likeness (QED) is 0.572. The van der Waals surface area contributed by atoms with Gasteiger partial charge in [0.05, 0.1) is 12.2 Å².